The van der Waals surface area contributed by atoms with Gasteiger partial charge in [0.25, 0.3) is 0 Å². The zero-order valence-electron chi connectivity index (χ0n) is 14.6. The number of para-hydroxylation sites is 1. The van der Waals surface area contributed by atoms with E-state index < -0.39 is 5.41 Å². The third kappa shape index (κ3) is 3.55. The lowest BCUT2D eigenvalue weighted by atomic mass is 9.86. The number of carbonyl (C=O) groups excluding carboxylic acids is 2. The van der Waals surface area contributed by atoms with Crippen molar-refractivity contribution in [3.63, 3.8) is 0 Å². The largest absolute Gasteiger partial charge is 0.353 e. The molecule has 5 nitrogen and oxygen atoms in total. The number of anilines is 1. The van der Waals surface area contributed by atoms with Crippen LogP contribution in [0.4, 0.5) is 5.69 Å². The Morgan fingerprint density at radius 3 is 2.52 bits per heavy atom. The van der Waals surface area contributed by atoms with Crippen LogP contribution in [-0.2, 0) is 15.0 Å². The van der Waals surface area contributed by atoms with Crippen molar-refractivity contribution in [1.82, 2.24) is 10.2 Å². The average Bonchev–Trinajstić information content (AvgIpc) is 2.73. The number of nitrogens with zero attached hydrogens (tertiary/aromatic N) is 2. The van der Waals surface area contributed by atoms with E-state index in [9.17, 15) is 9.59 Å². The summed E-state index contributed by atoms with van der Waals surface area (Å²) in [7, 11) is 0. The van der Waals surface area contributed by atoms with Gasteiger partial charge < -0.3 is 15.1 Å². The summed E-state index contributed by atoms with van der Waals surface area (Å²) in [5, 5.41) is 2.91. The molecule has 1 heterocycles. The second-order valence-corrected chi connectivity index (χ2v) is 6.41. The van der Waals surface area contributed by atoms with Gasteiger partial charge in [-0.05, 0) is 38.6 Å². The molecule has 0 saturated carbocycles. The number of rotatable bonds is 7. The van der Waals surface area contributed by atoms with Gasteiger partial charge >= 0.3 is 0 Å². The number of hydrogen-bond acceptors (Lipinski definition) is 3. The first kappa shape index (κ1) is 17.5. The van der Waals surface area contributed by atoms with Crippen molar-refractivity contribution < 1.29 is 9.59 Å². The van der Waals surface area contributed by atoms with Gasteiger partial charge in [0.2, 0.25) is 11.8 Å². The summed E-state index contributed by atoms with van der Waals surface area (Å²) in [6.45, 7) is 11.5. The molecule has 0 bridgehead atoms. The van der Waals surface area contributed by atoms with Crippen LogP contribution in [0.5, 0.6) is 0 Å². The monoisotopic (exact) mass is 317 g/mol. The van der Waals surface area contributed by atoms with Crippen molar-refractivity contribution in [1.29, 1.82) is 0 Å². The van der Waals surface area contributed by atoms with Crippen LogP contribution in [0.25, 0.3) is 0 Å². The third-order valence-corrected chi connectivity index (χ3v) is 4.59. The molecule has 0 spiro atoms. The molecule has 0 radical (unpaired) electrons. The van der Waals surface area contributed by atoms with Crippen molar-refractivity contribution in [2.24, 2.45) is 0 Å². The predicted octanol–water partition coefficient (Wildman–Crippen LogP) is 1.77. The molecule has 1 N–H and O–H groups in total. The number of nitrogens with one attached hydrogen (secondary N) is 1. The number of hydrogen-bond donors (Lipinski definition) is 1. The highest BCUT2D eigenvalue weighted by atomic mass is 16.2. The van der Waals surface area contributed by atoms with Crippen LogP contribution in [0.15, 0.2) is 24.3 Å². The van der Waals surface area contributed by atoms with E-state index >= 15 is 0 Å². The fourth-order valence-corrected chi connectivity index (χ4v) is 3.05. The van der Waals surface area contributed by atoms with E-state index in [4.69, 9.17) is 0 Å². The van der Waals surface area contributed by atoms with Crippen molar-refractivity contribution in [2.75, 3.05) is 37.6 Å². The predicted molar refractivity (Wildman–Crippen MR) is 92.6 cm³/mol. The SMILES string of the molecule is CCN(CC)CCNC(=O)CN1C(=O)C(C)(C)c2ccccc21. The van der Waals surface area contributed by atoms with E-state index in [1.807, 2.05) is 38.1 Å². The molecule has 0 atom stereocenters. The molecule has 0 unspecified atom stereocenters. The van der Waals surface area contributed by atoms with Gasteiger partial charge in [-0.2, -0.15) is 0 Å². The molecule has 1 aliphatic rings. The highest BCUT2D eigenvalue weighted by molar-refractivity contribution is 6.10. The highest BCUT2D eigenvalue weighted by Crippen LogP contribution is 2.40. The Hall–Kier alpha value is -1.88. The van der Waals surface area contributed by atoms with E-state index in [0.717, 1.165) is 30.9 Å². The summed E-state index contributed by atoms with van der Waals surface area (Å²) in [6, 6.07) is 7.71. The molecule has 0 fully saturated rings. The standard InChI is InChI=1S/C18H27N3O2/c1-5-20(6-2)12-11-19-16(22)13-21-15-10-8-7-9-14(15)18(3,4)17(21)23/h7-10H,5-6,11-13H2,1-4H3,(H,19,22). The highest BCUT2D eigenvalue weighted by Gasteiger charge is 2.43. The zero-order valence-corrected chi connectivity index (χ0v) is 14.6. The maximum Gasteiger partial charge on any atom is 0.240 e. The van der Waals surface area contributed by atoms with E-state index in [-0.39, 0.29) is 18.4 Å². The smallest absolute Gasteiger partial charge is 0.240 e. The topological polar surface area (TPSA) is 52.7 Å². The van der Waals surface area contributed by atoms with Crippen molar-refractivity contribution in [3.8, 4) is 0 Å². The average molecular weight is 317 g/mol. The van der Waals surface area contributed by atoms with Gasteiger partial charge in [-0.25, -0.2) is 0 Å². The van der Waals surface area contributed by atoms with Gasteiger partial charge in [0.15, 0.2) is 0 Å². The van der Waals surface area contributed by atoms with Crippen LogP contribution in [0.3, 0.4) is 0 Å². The van der Waals surface area contributed by atoms with Gasteiger partial charge in [0, 0.05) is 18.8 Å². The van der Waals surface area contributed by atoms with Gasteiger partial charge in [-0.3, -0.25) is 9.59 Å². The first-order chi connectivity index (χ1) is 10.9. The number of fused-ring (bicyclic) bond motifs is 1. The van der Waals surface area contributed by atoms with Crippen LogP contribution in [0.1, 0.15) is 33.3 Å². The Labute approximate surface area is 138 Å². The molecule has 1 aliphatic heterocycles. The summed E-state index contributed by atoms with van der Waals surface area (Å²) in [5.74, 6) is -0.129. The normalized spacial score (nSPS) is 15.9. The number of likely N-dealkylation sites (N-methyl/N-ethyl adjacent to an activating group) is 1. The molecule has 0 aliphatic carbocycles. The maximum absolute atomic E-state index is 12.6. The van der Waals surface area contributed by atoms with Crippen LogP contribution < -0.4 is 10.2 Å². The molecule has 0 aromatic heterocycles. The minimum Gasteiger partial charge on any atom is -0.353 e. The van der Waals surface area contributed by atoms with Gasteiger partial charge in [-0.15, -0.1) is 0 Å². The first-order valence-corrected chi connectivity index (χ1v) is 8.32. The molecule has 0 saturated heterocycles. The second-order valence-electron chi connectivity index (χ2n) is 6.41. The fourth-order valence-electron chi connectivity index (χ4n) is 3.05. The van der Waals surface area contributed by atoms with E-state index in [1.165, 1.54) is 0 Å². The van der Waals surface area contributed by atoms with E-state index in [2.05, 4.69) is 24.1 Å². The molecule has 1 aromatic rings. The fraction of sp³-hybridized carbons (Fsp3) is 0.556. The molecule has 126 valence electrons. The van der Waals surface area contributed by atoms with Crippen molar-refractivity contribution in [3.05, 3.63) is 29.8 Å². The molecular weight excluding hydrogens is 290 g/mol. The lowest BCUT2D eigenvalue weighted by Crippen LogP contribution is -2.44. The lowest BCUT2D eigenvalue weighted by molar-refractivity contribution is -0.125. The maximum atomic E-state index is 12.6. The third-order valence-electron chi connectivity index (χ3n) is 4.59. The summed E-state index contributed by atoms with van der Waals surface area (Å²) < 4.78 is 0. The van der Waals surface area contributed by atoms with Crippen LogP contribution in [-0.4, -0.2) is 49.4 Å². The van der Waals surface area contributed by atoms with Gasteiger partial charge in [0.05, 0.1) is 5.41 Å². The molecule has 23 heavy (non-hydrogen) atoms. The summed E-state index contributed by atoms with van der Waals surface area (Å²) in [6.07, 6.45) is 0. The number of carbonyl (C=O) groups is 2. The molecule has 5 heteroatoms. The quantitative estimate of drug-likeness (QED) is 0.834. The Balaban J connectivity index is 1.98. The second kappa shape index (κ2) is 7.13. The van der Waals surface area contributed by atoms with E-state index in [0.29, 0.717) is 6.54 Å². The summed E-state index contributed by atoms with van der Waals surface area (Å²) >= 11 is 0. The van der Waals surface area contributed by atoms with Crippen molar-refractivity contribution >= 4 is 17.5 Å². The van der Waals surface area contributed by atoms with Crippen LogP contribution in [0, 0.1) is 0 Å². The van der Waals surface area contributed by atoms with Gasteiger partial charge in [0.1, 0.15) is 6.54 Å². The van der Waals surface area contributed by atoms with Crippen LogP contribution in [0.2, 0.25) is 0 Å². The molecule has 2 rings (SSSR count). The number of amides is 2. The Morgan fingerprint density at radius 2 is 1.87 bits per heavy atom. The Morgan fingerprint density at radius 1 is 1.22 bits per heavy atom. The summed E-state index contributed by atoms with van der Waals surface area (Å²) in [4.78, 5) is 28.7. The van der Waals surface area contributed by atoms with Crippen LogP contribution >= 0.6 is 0 Å². The Bertz CT molecular complexity index is 579. The number of benzene rings is 1. The Kier molecular flexibility index (Phi) is 5.42. The first-order valence-electron chi connectivity index (χ1n) is 8.32. The summed E-state index contributed by atoms with van der Waals surface area (Å²) in [5.41, 5.74) is 1.26. The van der Waals surface area contributed by atoms with E-state index in [1.54, 1.807) is 4.90 Å². The molecule has 1 aromatic carbocycles. The minimum atomic E-state index is -0.571. The van der Waals surface area contributed by atoms with Crippen molar-refractivity contribution in [2.45, 2.75) is 33.1 Å². The minimum absolute atomic E-state index is 0.0161. The molecular formula is C18H27N3O2. The van der Waals surface area contributed by atoms with Gasteiger partial charge in [-0.1, -0.05) is 32.0 Å². The molecule has 2 amide bonds. The zero-order chi connectivity index (χ0) is 17.0. The lowest BCUT2D eigenvalue weighted by Gasteiger charge is -2.21.